The molecule has 0 radical (unpaired) electrons. The van der Waals surface area contributed by atoms with Crippen LogP contribution in [0.15, 0.2) is 24.3 Å². The Bertz CT molecular complexity index is 514. The molecule has 1 aromatic carbocycles. The van der Waals surface area contributed by atoms with Gasteiger partial charge >= 0.3 is 0 Å². The largest absolute Gasteiger partial charge is 0.352 e. The van der Waals surface area contributed by atoms with E-state index in [1.54, 1.807) is 0 Å². The highest BCUT2D eigenvalue weighted by molar-refractivity contribution is 5.82. The highest BCUT2D eigenvalue weighted by atomic mass is 16.2. The van der Waals surface area contributed by atoms with E-state index in [2.05, 4.69) is 48.7 Å². The summed E-state index contributed by atoms with van der Waals surface area (Å²) in [6, 6.07) is 8.68. The van der Waals surface area contributed by atoms with E-state index in [1.165, 1.54) is 24.0 Å². The maximum absolute atomic E-state index is 12.5. The topological polar surface area (TPSA) is 41.1 Å². The molecule has 4 atom stereocenters. The summed E-state index contributed by atoms with van der Waals surface area (Å²) in [7, 11) is 0. The molecule has 3 unspecified atom stereocenters. The van der Waals surface area contributed by atoms with Gasteiger partial charge in [0.25, 0.3) is 0 Å². The molecule has 1 aromatic rings. The van der Waals surface area contributed by atoms with E-state index < -0.39 is 0 Å². The third-order valence-electron chi connectivity index (χ3n) is 5.16. The molecule has 2 aliphatic rings. The Balaban J connectivity index is 1.59. The second-order valence-electron chi connectivity index (χ2n) is 6.92. The van der Waals surface area contributed by atoms with Gasteiger partial charge in [-0.05, 0) is 48.6 Å². The molecule has 1 saturated carbocycles. The summed E-state index contributed by atoms with van der Waals surface area (Å²) in [6.45, 7) is 5.38. The normalized spacial score (nSPS) is 32.3. The van der Waals surface area contributed by atoms with Crippen LogP contribution in [-0.4, -0.2) is 18.0 Å². The third-order valence-corrected chi connectivity index (χ3v) is 5.16. The van der Waals surface area contributed by atoms with E-state index in [0.29, 0.717) is 12.0 Å². The number of benzene rings is 1. The van der Waals surface area contributed by atoms with Crippen molar-refractivity contribution in [3.63, 3.8) is 0 Å². The zero-order chi connectivity index (χ0) is 14.8. The van der Waals surface area contributed by atoms with Crippen LogP contribution >= 0.6 is 0 Å². The van der Waals surface area contributed by atoms with Gasteiger partial charge in [0.15, 0.2) is 0 Å². The minimum absolute atomic E-state index is 0.0774. The molecule has 1 heterocycles. The van der Waals surface area contributed by atoms with Gasteiger partial charge in [0.1, 0.15) is 0 Å². The minimum Gasteiger partial charge on any atom is -0.352 e. The first-order valence-corrected chi connectivity index (χ1v) is 8.24. The Kier molecular flexibility index (Phi) is 4.29. The number of fused-ring (bicyclic) bond motifs is 1. The fourth-order valence-corrected chi connectivity index (χ4v) is 3.80. The molecule has 1 aliphatic heterocycles. The van der Waals surface area contributed by atoms with Gasteiger partial charge in [-0.2, -0.15) is 0 Å². The number of amides is 1. The second kappa shape index (κ2) is 6.18. The van der Waals surface area contributed by atoms with Crippen LogP contribution in [0.3, 0.4) is 0 Å². The lowest BCUT2D eigenvalue weighted by Gasteiger charge is -2.35. The summed E-state index contributed by atoms with van der Waals surface area (Å²) in [6.07, 6.45) is 4.39. The Morgan fingerprint density at radius 1 is 1.19 bits per heavy atom. The maximum Gasteiger partial charge on any atom is 0.237 e. The summed E-state index contributed by atoms with van der Waals surface area (Å²) < 4.78 is 0. The van der Waals surface area contributed by atoms with Crippen LogP contribution in [0.4, 0.5) is 0 Å². The molecule has 0 bridgehead atoms. The highest BCUT2D eigenvalue weighted by Crippen LogP contribution is 2.28. The lowest BCUT2D eigenvalue weighted by atomic mass is 9.79. The molecule has 1 fully saturated rings. The predicted molar refractivity (Wildman–Crippen MR) is 84.9 cm³/mol. The Labute approximate surface area is 127 Å². The van der Waals surface area contributed by atoms with Gasteiger partial charge in [0.2, 0.25) is 5.91 Å². The summed E-state index contributed by atoms with van der Waals surface area (Å²) >= 11 is 0. The molecular weight excluding hydrogens is 260 g/mol. The molecule has 1 aliphatic carbocycles. The number of hydrogen-bond acceptors (Lipinski definition) is 2. The molecule has 1 amide bonds. The molecule has 3 heteroatoms. The van der Waals surface area contributed by atoms with E-state index in [4.69, 9.17) is 0 Å². The summed E-state index contributed by atoms with van der Waals surface area (Å²) in [5.74, 6) is 1.57. The van der Waals surface area contributed by atoms with E-state index in [9.17, 15) is 4.79 Å². The lowest BCUT2D eigenvalue weighted by Crippen LogP contribution is -2.52. The predicted octanol–water partition coefficient (Wildman–Crippen LogP) is 2.64. The van der Waals surface area contributed by atoms with Crippen molar-refractivity contribution >= 4 is 5.91 Å². The van der Waals surface area contributed by atoms with Crippen molar-refractivity contribution < 1.29 is 4.79 Å². The first kappa shape index (κ1) is 14.6. The Morgan fingerprint density at radius 3 is 2.71 bits per heavy atom. The number of rotatable bonds is 2. The second-order valence-corrected chi connectivity index (χ2v) is 6.92. The van der Waals surface area contributed by atoms with Crippen molar-refractivity contribution in [3.8, 4) is 0 Å². The molecular formula is C18H26N2O. The van der Waals surface area contributed by atoms with E-state index in [1.807, 2.05) is 0 Å². The molecule has 0 spiro atoms. The van der Waals surface area contributed by atoms with Crippen LogP contribution in [0.2, 0.25) is 0 Å². The molecule has 3 nitrogen and oxygen atoms in total. The van der Waals surface area contributed by atoms with Crippen LogP contribution in [0, 0.1) is 11.8 Å². The maximum atomic E-state index is 12.5. The Hall–Kier alpha value is -1.35. The number of carbonyl (C=O) groups excluding carboxylic acids is 1. The number of nitrogens with one attached hydrogen (secondary N) is 2. The van der Waals surface area contributed by atoms with Gasteiger partial charge in [-0.25, -0.2) is 0 Å². The van der Waals surface area contributed by atoms with Gasteiger partial charge in [0, 0.05) is 12.6 Å². The monoisotopic (exact) mass is 286 g/mol. The van der Waals surface area contributed by atoms with E-state index in [0.717, 1.165) is 25.3 Å². The minimum atomic E-state index is -0.0774. The fourth-order valence-electron chi connectivity index (χ4n) is 3.80. The zero-order valence-electron chi connectivity index (χ0n) is 13.1. The standard InChI is InChI=1S/C18H26N2O/c1-12-7-8-16(13(2)9-12)20-18(21)17-10-14-5-3-4-6-15(14)11-19-17/h3-6,12-13,16-17,19H,7-11H2,1-2H3,(H,20,21)/t12?,13?,16?,17-/m1/s1. The van der Waals surface area contributed by atoms with Crippen molar-refractivity contribution in [2.75, 3.05) is 0 Å². The lowest BCUT2D eigenvalue weighted by molar-refractivity contribution is -0.124. The summed E-state index contributed by atoms with van der Waals surface area (Å²) in [5, 5.41) is 6.66. The van der Waals surface area contributed by atoms with Crippen molar-refractivity contribution in [2.45, 2.75) is 58.2 Å². The smallest absolute Gasteiger partial charge is 0.237 e. The highest BCUT2D eigenvalue weighted by Gasteiger charge is 2.30. The van der Waals surface area contributed by atoms with Crippen LogP contribution in [0.1, 0.15) is 44.2 Å². The first-order valence-electron chi connectivity index (χ1n) is 8.24. The van der Waals surface area contributed by atoms with Crippen LogP contribution in [-0.2, 0) is 17.8 Å². The number of hydrogen-bond donors (Lipinski definition) is 2. The number of carbonyl (C=O) groups is 1. The van der Waals surface area contributed by atoms with Crippen molar-refractivity contribution in [1.29, 1.82) is 0 Å². The summed E-state index contributed by atoms with van der Waals surface area (Å²) in [5.41, 5.74) is 2.63. The third kappa shape index (κ3) is 3.29. The van der Waals surface area contributed by atoms with Gasteiger partial charge in [-0.3, -0.25) is 4.79 Å². The summed E-state index contributed by atoms with van der Waals surface area (Å²) in [4.78, 5) is 12.5. The van der Waals surface area contributed by atoms with E-state index in [-0.39, 0.29) is 11.9 Å². The Morgan fingerprint density at radius 2 is 1.95 bits per heavy atom. The average Bonchev–Trinajstić information content (AvgIpc) is 2.49. The van der Waals surface area contributed by atoms with Gasteiger partial charge < -0.3 is 10.6 Å². The van der Waals surface area contributed by atoms with Crippen molar-refractivity contribution in [1.82, 2.24) is 10.6 Å². The van der Waals surface area contributed by atoms with Gasteiger partial charge in [-0.15, -0.1) is 0 Å². The quantitative estimate of drug-likeness (QED) is 0.877. The molecule has 114 valence electrons. The molecule has 0 saturated heterocycles. The molecule has 3 rings (SSSR count). The average molecular weight is 286 g/mol. The van der Waals surface area contributed by atoms with Crippen LogP contribution < -0.4 is 10.6 Å². The van der Waals surface area contributed by atoms with Gasteiger partial charge in [0.05, 0.1) is 6.04 Å². The van der Waals surface area contributed by atoms with Crippen LogP contribution in [0.25, 0.3) is 0 Å². The van der Waals surface area contributed by atoms with Crippen LogP contribution in [0.5, 0.6) is 0 Å². The zero-order valence-corrected chi connectivity index (χ0v) is 13.1. The molecule has 0 aromatic heterocycles. The molecule has 21 heavy (non-hydrogen) atoms. The van der Waals surface area contributed by atoms with Crippen molar-refractivity contribution in [2.24, 2.45) is 11.8 Å². The van der Waals surface area contributed by atoms with Crippen molar-refractivity contribution in [3.05, 3.63) is 35.4 Å². The van der Waals surface area contributed by atoms with E-state index >= 15 is 0 Å². The molecule has 2 N–H and O–H groups in total. The first-order chi connectivity index (χ1) is 10.1. The van der Waals surface area contributed by atoms with Gasteiger partial charge in [-0.1, -0.05) is 38.1 Å². The fraction of sp³-hybridized carbons (Fsp3) is 0.611. The SMILES string of the molecule is CC1CCC(NC(=O)[C@H]2Cc3ccccc3CN2)C(C)C1.